The molecule has 2 bridgehead atoms. The van der Waals surface area contributed by atoms with Crippen LogP contribution in [0.2, 0.25) is 5.02 Å². The van der Waals surface area contributed by atoms with Crippen molar-refractivity contribution < 1.29 is 4.79 Å². The smallest absolute Gasteiger partial charge is 0.243 e. The standard InChI is InChI=1S/C16H18ClN5O/c17-13-5-3-11(4-6-13)16-19-21-22(20-16)9-15(23)18-14-8-10-1-2-12(14)7-10/h3-6,10,12,14H,1-2,7-9H2,(H,18,23)/t10-,12-,14-/m1/s1. The van der Waals surface area contributed by atoms with Crippen LogP contribution in [0.15, 0.2) is 24.3 Å². The zero-order valence-corrected chi connectivity index (χ0v) is 13.4. The van der Waals surface area contributed by atoms with E-state index in [2.05, 4.69) is 20.7 Å². The number of aromatic nitrogens is 4. The molecule has 2 saturated carbocycles. The Hall–Kier alpha value is -1.95. The number of fused-ring (bicyclic) bond motifs is 2. The van der Waals surface area contributed by atoms with Gasteiger partial charge in [-0.15, -0.1) is 10.2 Å². The molecule has 23 heavy (non-hydrogen) atoms. The number of carbonyl (C=O) groups is 1. The molecule has 0 unspecified atom stereocenters. The van der Waals surface area contributed by atoms with E-state index in [0.717, 1.165) is 17.9 Å². The van der Waals surface area contributed by atoms with E-state index in [1.54, 1.807) is 12.1 Å². The molecule has 0 saturated heterocycles. The maximum atomic E-state index is 12.2. The fourth-order valence-electron chi connectivity index (χ4n) is 3.83. The Morgan fingerprint density at radius 1 is 1.26 bits per heavy atom. The molecule has 1 N–H and O–H groups in total. The van der Waals surface area contributed by atoms with Crippen molar-refractivity contribution in [2.75, 3.05) is 0 Å². The van der Waals surface area contributed by atoms with E-state index in [9.17, 15) is 4.79 Å². The average Bonchev–Trinajstić information content (AvgIpc) is 3.24. The number of benzene rings is 1. The van der Waals surface area contributed by atoms with Crippen LogP contribution in [0.3, 0.4) is 0 Å². The average molecular weight is 332 g/mol. The molecule has 6 nitrogen and oxygen atoms in total. The maximum Gasteiger partial charge on any atom is 0.243 e. The summed E-state index contributed by atoms with van der Waals surface area (Å²) in [5, 5.41) is 16.0. The number of hydrogen-bond donors (Lipinski definition) is 1. The third-order valence-electron chi connectivity index (χ3n) is 4.92. The van der Waals surface area contributed by atoms with E-state index >= 15 is 0 Å². The minimum absolute atomic E-state index is 0.0393. The topological polar surface area (TPSA) is 72.7 Å². The molecule has 2 aliphatic rings. The molecule has 3 atom stereocenters. The van der Waals surface area contributed by atoms with Crippen molar-refractivity contribution in [2.24, 2.45) is 11.8 Å². The second-order valence-corrected chi connectivity index (χ2v) is 6.94. The molecule has 1 amide bonds. The second-order valence-electron chi connectivity index (χ2n) is 6.50. The zero-order chi connectivity index (χ0) is 15.8. The molecule has 2 aromatic rings. The highest BCUT2D eigenvalue weighted by atomic mass is 35.5. The monoisotopic (exact) mass is 331 g/mol. The Bertz CT molecular complexity index is 714. The minimum Gasteiger partial charge on any atom is -0.351 e. The van der Waals surface area contributed by atoms with Crippen molar-refractivity contribution in [3.05, 3.63) is 29.3 Å². The summed E-state index contributed by atoms with van der Waals surface area (Å²) < 4.78 is 0. The molecule has 2 aliphatic carbocycles. The van der Waals surface area contributed by atoms with Crippen LogP contribution in [-0.4, -0.2) is 32.2 Å². The van der Waals surface area contributed by atoms with Gasteiger partial charge in [0.15, 0.2) is 0 Å². The Morgan fingerprint density at radius 2 is 2.09 bits per heavy atom. The first-order chi connectivity index (χ1) is 11.2. The molecule has 4 rings (SSSR count). The van der Waals surface area contributed by atoms with Gasteiger partial charge in [0.25, 0.3) is 0 Å². The van der Waals surface area contributed by atoms with Crippen LogP contribution in [0.1, 0.15) is 25.7 Å². The summed E-state index contributed by atoms with van der Waals surface area (Å²) in [6.07, 6.45) is 4.97. The summed E-state index contributed by atoms with van der Waals surface area (Å²) in [7, 11) is 0. The number of nitrogens with one attached hydrogen (secondary N) is 1. The molecule has 120 valence electrons. The number of nitrogens with zero attached hydrogens (tertiary/aromatic N) is 4. The molecule has 2 fully saturated rings. The van der Waals surface area contributed by atoms with Crippen LogP contribution in [0.25, 0.3) is 11.4 Å². The van der Waals surface area contributed by atoms with Gasteiger partial charge in [-0.1, -0.05) is 18.0 Å². The van der Waals surface area contributed by atoms with Gasteiger partial charge in [-0.25, -0.2) is 0 Å². The van der Waals surface area contributed by atoms with E-state index in [1.807, 2.05) is 12.1 Å². The Kier molecular flexibility index (Phi) is 3.77. The number of amides is 1. The summed E-state index contributed by atoms with van der Waals surface area (Å²) in [5.74, 6) is 1.93. The normalized spacial score (nSPS) is 25.7. The highest BCUT2D eigenvalue weighted by Gasteiger charge is 2.40. The molecular formula is C16H18ClN5O. The first-order valence-electron chi connectivity index (χ1n) is 8.00. The summed E-state index contributed by atoms with van der Waals surface area (Å²) in [5.41, 5.74) is 0.828. The number of halogens is 1. The van der Waals surface area contributed by atoms with Crippen LogP contribution >= 0.6 is 11.6 Å². The van der Waals surface area contributed by atoms with Crippen LogP contribution in [0.5, 0.6) is 0 Å². The van der Waals surface area contributed by atoms with E-state index < -0.39 is 0 Å². The predicted octanol–water partition coefficient (Wildman–Crippen LogP) is 2.30. The molecule has 0 aliphatic heterocycles. The van der Waals surface area contributed by atoms with Crippen LogP contribution in [0, 0.1) is 11.8 Å². The number of rotatable bonds is 4. The highest BCUT2D eigenvalue weighted by molar-refractivity contribution is 6.30. The fraction of sp³-hybridized carbons (Fsp3) is 0.500. The van der Waals surface area contributed by atoms with E-state index in [1.165, 1.54) is 24.1 Å². The third-order valence-corrected chi connectivity index (χ3v) is 5.18. The molecule has 1 heterocycles. The van der Waals surface area contributed by atoms with Gasteiger partial charge in [0.05, 0.1) is 0 Å². The summed E-state index contributed by atoms with van der Waals surface area (Å²) >= 11 is 5.87. The van der Waals surface area contributed by atoms with E-state index in [-0.39, 0.29) is 12.5 Å². The van der Waals surface area contributed by atoms with Gasteiger partial charge in [0, 0.05) is 16.6 Å². The molecular weight excluding hydrogens is 314 g/mol. The lowest BCUT2D eigenvalue weighted by Gasteiger charge is -2.22. The summed E-state index contributed by atoms with van der Waals surface area (Å²) in [4.78, 5) is 13.5. The predicted molar refractivity (Wildman–Crippen MR) is 85.6 cm³/mol. The lowest BCUT2D eigenvalue weighted by Crippen LogP contribution is -2.40. The van der Waals surface area contributed by atoms with E-state index in [4.69, 9.17) is 11.6 Å². The second kappa shape index (κ2) is 5.92. The fourth-order valence-corrected chi connectivity index (χ4v) is 3.95. The summed E-state index contributed by atoms with van der Waals surface area (Å²) in [6, 6.07) is 7.55. The van der Waals surface area contributed by atoms with Gasteiger partial charge in [0.2, 0.25) is 11.7 Å². The van der Waals surface area contributed by atoms with Crippen molar-refractivity contribution in [2.45, 2.75) is 38.3 Å². The first kappa shape index (κ1) is 14.6. The molecule has 7 heteroatoms. The molecule has 0 radical (unpaired) electrons. The zero-order valence-electron chi connectivity index (χ0n) is 12.7. The maximum absolute atomic E-state index is 12.2. The highest BCUT2D eigenvalue weighted by Crippen LogP contribution is 2.44. The SMILES string of the molecule is O=C(Cn1nnc(-c2ccc(Cl)cc2)n1)N[C@@H]1C[C@@H]2CC[C@@H]1C2. The van der Waals surface area contributed by atoms with Gasteiger partial charge < -0.3 is 5.32 Å². The van der Waals surface area contributed by atoms with Gasteiger partial charge in [-0.3, -0.25) is 4.79 Å². The number of carbonyl (C=O) groups excluding carboxylic acids is 1. The summed E-state index contributed by atoms with van der Waals surface area (Å²) in [6.45, 7) is 0.106. The van der Waals surface area contributed by atoms with Crippen molar-refractivity contribution in [1.82, 2.24) is 25.5 Å². The van der Waals surface area contributed by atoms with E-state index in [0.29, 0.717) is 22.8 Å². The van der Waals surface area contributed by atoms with Gasteiger partial charge >= 0.3 is 0 Å². The Morgan fingerprint density at radius 3 is 2.78 bits per heavy atom. The number of tetrazole rings is 1. The van der Waals surface area contributed by atoms with Crippen LogP contribution < -0.4 is 5.32 Å². The minimum atomic E-state index is -0.0393. The van der Waals surface area contributed by atoms with Gasteiger partial charge in [-0.05, 0) is 60.6 Å². The van der Waals surface area contributed by atoms with Gasteiger partial charge in [0.1, 0.15) is 6.54 Å². The van der Waals surface area contributed by atoms with Crippen molar-refractivity contribution in [1.29, 1.82) is 0 Å². The molecule has 0 spiro atoms. The Balaban J connectivity index is 1.37. The molecule has 1 aromatic carbocycles. The lowest BCUT2D eigenvalue weighted by atomic mass is 9.95. The lowest BCUT2D eigenvalue weighted by molar-refractivity contribution is -0.123. The molecule has 1 aromatic heterocycles. The quantitative estimate of drug-likeness (QED) is 0.933. The van der Waals surface area contributed by atoms with Crippen molar-refractivity contribution in [3.63, 3.8) is 0 Å². The number of hydrogen-bond acceptors (Lipinski definition) is 4. The van der Waals surface area contributed by atoms with Crippen LogP contribution in [-0.2, 0) is 11.3 Å². The van der Waals surface area contributed by atoms with Crippen molar-refractivity contribution in [3.8, 4) is 11.4 Å². The van der Waals surface area contributed by atoms with Crippen LogP contribution in [0.4, 0.5) is 0 Å². The third kappa shape index (κ3) is 3.08. The first-order valence-corrected chi connectivity index (χ1v) is 8.38. The Labute approximate surface area is 139 Å². The van der Waals surface area contributed by atoms with Gasteiger partial charge in [-0.2, -0.15) is 4.80 Å². The van der Waals surface area contributed by atoms with Crippen molar-refractivity contribution >= 4 is 17.5 Å². The largest absolute Gasteiger partial charge is 0.351 e.